The minimum Gasteiger partial charge on any atom is -0.497 e. The lowest BCUT2D eigenvalue weighted by molar-refractivity contribution is -0.142. The van der Waals surface area contributed by atoms with Crippen molar-refractivity contribution in [1.29, 1.82) is 0 Å². The Bertz CT molecular complexity index is 1180. The molecule has 0 aromatic heterocycles. The van der Waals surface area contributed by atoms with Crippen LogP contribution in [0.3, 0.4) is 0 Å². The number of likely N-dealkylation sites (N-methyl/N-ethyl adjacent to an activating group) is 1. The van der Waals surface area contributed by atoms with Crippen molar-refractivity contribution >= 4 is 40.6 Å². The molecule has 3 aromatic rings. The summed E-state index contributed by atoms with van der Waals surface area (Å²) < 4.78 is 16.7. The van der Waals surface area contributed by atoms with Crippen molar-refractivity contribution in [2.75, 3.05) is 34.4 Å². The molecule has 0 unspecified atom stereocenters. The maximum atomic E-state index is 12.3. The highest BCUT2D eigenvalue weighted by molar-refractivity contribution is 6.53. The van der Waals surface area contributed by atoms with Gasteiger partial charge in [-0.2, -0.15) is 0 Å². The molecule has 5 nitrogen and oxygen atoms in total. The minimum absolute atomic E-state index is 0. The number of nitrogens with zero attached hydrogens (tertiary/aromatic N) is 1. The summed E-state index contributed by atoms with van der Waals surface area (Å²) in [4.78, 5) is 14.4. The van der Waals surface area contributed by atoms with Gasteiger partial charge in [-0.05, 0) is 100 Å². The van der Waals surface area contributed by atoms with Crippen molar-refractivity contribution in [3.63, 3.8) is 0 Å². The molecule has 0 atom stereocenters. The van der Waals surface area contributed by atoms with Crippen LogP contribution in [-0.4, -0.2) is 45.2 Å². The molecule has 0 N–H and O–H groups in total. The van der Waals surface area contributed by atoms with Gasteiger partial charge in [0.15, 0.2) is 0 Å². The van der Waals surface area contributed by atoms with Crippen molar-refractivity contribution < 1.29 is 19.0 Å². The van der Waals surface area contributed by atoms with E-state index in [1.54, 1.807) is 19.2 Å². The van der Waals surface area contributed by atoms with Gasteiger partial charge in [0.1, 0.15) is 23.9 Å². The monoisotopic (exact) mass is 543 g/mol. The van der Waals surface area contributed by atoms with Gasteiger partial charge in [-0.3, -0.25) is 4.79 Å². The first-order valence-corrected chi connectivity index (χ1v) is 12.2. The molecule has 0 fully saturated rings. The fraction of sp³-hybridized carbons (Fsp3) is 0.300. The highest BCUT2D eigenvalue weighted by Gasteiger charge is 2.23. The Labute approximate surface area is 231 Å². The van der Waals surface area contributed by atoms with E-state index in [2.05, 4.69) is 4.90 Å². The Morgan fingerprint density at radius 1 is 0.784 bits per heavy atom. The van der Waals surface area contributed by atoms with Crippen LogP contribution >= 0.6 is 24.0 Å². The first kappa shape index (κ1) is 30.2. The van der Waals surface area contributed by atoms with E-state index in [9.17, 15) is 4.79 Å². The number of methoxy groups -OCH3 is 1. The lowest BCUT2D eigenvalue weighted by atomic mass is 9.95. The lowest BCUT2D eigenvalue weighted by Gasteiger charge is -2.17. The van der Waals surface area contributed by atoms with Crippen molar-refractivity contribution in [1.82, 2.24) is 4.90 Å². The van der Waals surface area contributed by atoms with Crippen molar-refractivity contribution in [2.45, 2.75) is 20.8 Å². The molecule has 0 radical (unpaired) electrons. The van der Waals surface area contributed by atoms with Gasteiger partial charge in [0.25, 0.3) is 0 Å². The Morgan fingerprint density at radius 3 is 1.70 bits per heavy atom. The van der Waals surface area contributed by atoms with Crippen LogP contribution in [-0.2, 0) is 4.79 Å². The fourth-order valence-electron chi connectivity index (χ4n) is 3.32. The number of rotatable bonds is 9. The van der Waals surface area contributed by atoms with Gasteiger partial charge in [-0.1, -0.05) is 35.9 Å². The second-order valence-electron chi connectivity index (χ2n) is 9.76. The van der Waals surface area contributed by atoms with E-state index < -0.39 is 5.41 Å². The number of esters is 1. The summed E-state index contributed by atoms with van der Waals surface area (Å²) >= 11 is 7.00. The summed E-state index contributed by atoms with van der Waals surface area (Å²) in [6.45, 7) is 6.92. The first-order valence-electron chi connectivity index (χ1n) is 11.8. The topological polar surface area (TPSA) is 48.0 Å². The number of hydrogen-bond donors (Lipinski definition) is 0. The van der Waals surface area contributed by atoms with Crippen LogP contribution in [0, 0.1) is 5.41 Å². The number of carbonyl (C=O) groups excluding carboxylic acids is 1. The van der Waals surface area contributed by atoms with Crippen LogP contribution in [0.25, 0.3) is 10.6 Å². The van der Waals surface area contributed by atoms with Gasteiger partial charge in [-0.15, -0.1) is 12.4 Å². The number of benzene rings is 3. The van der Waals surface area contributed by atoms with E-state index in [1.165, 1.54) is 0 Å². The summed E-state index contributed by atoms with van der Waals surface area (Å²) in [5.74, 6) is 1.76. The van der Waals surface area contributed by atoms with Crippen LogP contribution in [0.4, 0.5) is 0 Å². The zero-order valence-electron chi connectivity index (χ0n) is 22.2. The third-order valence-corrected chi connectivity index (χ3v) is 5.89. The van der Waals surface area contributed by atoms with Crippen LogP contribution in [0.2, 0.25) is 0 Å². The Morgan fingerprint density at radius 2 is 1.24 bits per heavy atom. The van der Waals surface area contributed by atoms with Crippen molar-refractivity contribution in [3.8, 4) is 17.2 Å². The molecule has 198 valence electrons. The van der Waals surface area contributed by atoms with Gasteiger partial charge in [0.05, 0.1) is 17.6 Å². The SMILES string of the molecule is COc1ccc(/C(Cl)=C(\c2ccc(OCCN(C)C)cc2)c2ccc(OC(=O)C(C)(C)C)cc2)cc1.Cl. The molecule has 0 saturated heterocycles. The Kier molecular flexibility index (Phi) is 11.1. The Balaban J connectivity index is 0.00000481. The zero-order valence-corrected chi connectivity index (χ0v) is 23.8. The van der Waals surface area contributed by atoms with Crippen molar-refractivity contribution in [2.24, 2.45) is 5.41 Å². The normalized spacial score (nSPS) is 11.9. The molecule has 3 rings (SSSR count). The molecule has 37 heavy (non-hydrogen) atoms. The lowest BCUT2D eigenvalue weighted by Crippen LogP contribution is -2.25. The van der Waals surface area contributed by atoms with Gasteiger partial charge >= 0.3 is 5.97 Å². The molecule has 0 bridgehead atoms. The third-order valence-electron chi connectivity index (χ3n) is 5.48. The van der Waals surface area contributed by atoms with Gasteiger partial charge in [0, 0.05) is 12.1 Å². The van der Waals surface area contributed by atoms with E-state index in [0.29, 0.717) is 17.4 Å². The van der Waals surface area contributed by atoms with Crippen LogP contribution in [0.15, 0.2) is 72.8 Å². The summed E-state index contributed by atoms with van der Waals surface area (Å²) in [6, 6.07) is 22.9. The maximum Gasteiger partial charge on any atom is 0.316 e. The molecule has 0 aliphatic carbocycles. The molecule has 0 aliphatic rings. The number of carbonyl (C=O) groups is 1. The van der Waals surface area contributed by atoms with E-state index in [0.717, 1.165) is 40.3 Å². The first-order chi connectivity index (χ1) is 17.1. The summed E-state index contributed by atoms with van der Waals surface area (Å²) in [5.41, 5.74) is 2.97. The van der Waals surface area contributed by atoms with E-state index in [1.807, 2.05) is 95.5 Å². The van der Waals surface area contributed by atoms with Crippen LogP contribution in [0.5, 0.6) is 17.2 Å². The summed E-state index contributed by atoms with van der Waals surface area (Å²) in [7, 11) is 5.66. The zero-order chi connectivity index (χ0) is 26.3. The average molecular weight is 545 g/mol. The molecule has 0 saturated carbocycles. The quantitative estimate of drug-likeness (QED) is 0.163. The average Bonchev–Trinajstić information content (AvgIpc) is 2.85. The minimum atomic E-state index is -0.586. The third kappa shape index (κ3) is 8.53. The summed E-state index contributed by atoms with van der Waals surface area (Å²) in [6.07, 6.45) is 0. The molecule has 0 amide bonds. The second kappa shape index (κ2) is 13.5. The van der Waals surface area contributed by atoms with Gasteiger partial charge < -0.3 is 19.1 Å². The number of halogens is 2. The van der Waals surface area contributed by atoms with Crippen LogP contribution in [0.1, 0.15) is 37.5 Å². The van der Waals surface area contributed by atoms with Crippen molar-refractivity contribution in [3.05, 3.63) is 89.5 Å². The standard InChI is InChI=1S/C30H34ClNO4.ClH/c1-30(2,3)29(33)36-26-17-9-22(10-18-26)27(28(31)23-11-13-24(34-6)14-12-23)21-7-15-25(16-8-21)35-20-19-32(4)5;/h7-18H,19-20H2,1-6H3;1H/b28-27-;. The van der Waals surface area contributed by atoms with Crippen LogP contribution < -0.4 is 14.2 Å². The predicted octanol–water partition coefficient (Wildman–Crippen LogP) is 7.16. The molecular formula is C30H35Cl2NO4. The molecular weight excluding hydrogens is 509 g/mol. The smallest absolute Gasteiger partial charge is 0.316 e. The van der Waals surface area contributed by atoms with Gasteiger partial charge in [-0.25, -0.2) is 0 Å². The molecule has 0 aliphatic heterocycles. The maximum absolute atomic E-state index is 12.3. The molecule has 7 heteroatoms. The summed E-state index contributed by atoms with van der Waals surface area (Å²) in [5, 5.41) is 0.596. The fourth-order valence-corrected chi connectivity index (χ4v) is 3.66. The predicted molar refractivity (Wildman–Crippen MR) is 154 cm³/mol. The second-order valence-corrected chi connectivity index (χ2v) is 10.1. The highest BCUT2D eigenvalue weighted by Crippen LogP contribution is 2.36. The molecule has 3 aromatic carbocycles. The Hall–Kier alpha value is -2.99. The molecule has 0 heterocycles. The number of hydrogen-bond acceptors (Lipinski definition) is 5. The number of ether oxygens (including phenoxy) is 3. The van der Waals surface area contributed by atoms with E-state index in [4.69, 9.17) is 25.8 Å². The van der Waals surface area contributed by atoms with E-state index >= 15 is 0 Å². The largest absolute Gasteiger partial charge is 0.497 e. The van der Waals surface area contributed by atoms with E-state index in [-0.39, 0.29) is 18.4 Å². The van der Waals surface area contributed by atoms with Gasteiger partial charge in [0.2, 0.25) is 0 Å². The molecule has 0 spiro atoms. The highest BCUT2D eigenvalue weighted by atomic mass is 35.5.